The van der Waals surface area contributed by atoms with Crippen LogP contribution < -0.4 is 0 Å². The molecular formula is C13H28O. The Hall–Kier alpha value is -0.0400. The van der Waals surface area contributed by atoms with E-state index in [0.717, 1.165) is 0 Å². The number of rotatable bonds is 1. The van der Waals surface area contributed by atoms with Gasteiger partial charge >= 0.3 is 0 Å². The van der Waals surface area contributed by atoms with Crippen LogP contribution in [0.1, 0.15) is 54.4 Å². The van der Waals surface area contributed by atoms with Gasteiger partial charge in [-0.05, 0) is 36.5 Å². The van der Waals surface area contributed by atoms with Crippen molar-refractivity contribution in [1.29, 1.82) is 0 Å². The van der Waals surface area contributed by atoms with Gasteiger partial charge in [-0.1, -0.05) is 41.5 Å². The van der Waals surface area contributed by atoms with Gasteiger partial charge in [0.05, 0.1) is 6.10 Å². The Labute approximate surface area is 89.9 Å². The number of aliphatic hydroxyl groups is 1. The van der Waals surface area contributed by atoms with E-state index in [9.17, 15) is 5.11 Å². The van der Waals surface area contributed by atoms with E-state index in [-0.39, 0.29) is 6.10 Å². The second-order valence-corrected chi connectivity index (χ2v) is 4.81. The highest BCUT2D eigenvalue weighted by Gasteiger charge is 2.34. The number of hydrogen-bond donors (Lipinski definition) is 1. The van der Waals surface area contributed by atoms with Crippen molar-refractivity contribution in [2.45, 2.75) is 60.5 Å². The lowest BCUT2D eigenvalue weighted by Crippen LogP contribution is -2.38. The van der Waals surface area contributed by atoms with E-state index >= 15 is 0 Å². The van der Waals surface area contributed by atoms with E-state index in [2.05, 4.69) is 27.7 Å². The molecule has 1 aliphatic rings. The van der Waals surface area contributed by atoms with E-state index in [1.165, 1.54) is 12.8 Å². The molecule has 14 heavy (non-hydrogen) atoms. The summed E-state index contributed by atoms with van der Waals surface area (Å²) in [6.07, 6.45) is 2.44. The standard InChI is InChI=1S/C11H22O.C2H6/c1-7(2)10-6-5-8(3)9(4)11(10)12;1-2/h7-12H,5-6H2,1-4H3;1-2H3. The van der Waals surface area contributed by atoms with E-state index in [1.54, 1.807) is 0 Å². The summed E-state index contributed by atoms with van der Waals surface area (Å²) in [6.45, 7) is 12.9. The maximum Gasteiger partial charge on any atom is 0.0598 e. The SMILES string of the molecule is CC.CC(C)C1CCC(C)C(C)C1O. The fourth-order valence-corrected chi connectivity index (χ4v) is 2.34. The van der Waals surface area contributed by atoms with Crippen LogP contribution in [-0.2, 0) is 0 Å². The lowest BCUT2D eigenvalue weighted by atomic mass is 9.70. The van der Waals surface area contributed by atoms with Crippen LogP contribution in [-0.4, -0.2) is 11.2 Å². The number of aliphatic hydroxyl groups excluding tert-OH is 1. The molecule has 0 saturated heterocycles. The van der Waals surface area contributed by atoms with Crippen molar-refractivity contribution in [3.8, 4) is 0 Å². The molecule has 1 N–H and O–H groups in total. The van der Waals surface area contributed by atoms with Gasteiger partial charge in [0, 0.05) is 0 Å². The molecule has 1 fully saturated rings. The smallest absolute Gasteiger partial charge is 0.0598 e. The second-order valence-electron chi connectivity index (χ2n) is 4.81. The molecule has 0 spiro atoms. The first-order valence-corrected chi connectivity index (χ1v) is 6.22. The molecule has 0 bridgehead atoms. The molecule has 0 radical (unpaired) electrons. The van der Waals surface area contributed by atoms with E-state index in [1.807, 2.05) is 13.8 Å². The van der Waals surface area contributed by atoms with Crippen molar-refractivity contribution < 1.29 is 5.11 Å². The highest BCUT2D eigenvalue weighted by atomic mass is 16.3. The zero-order chi connectivity index (χ0) is 11.3. The third-order valence-corrected chi connectivity index (χ3v) is 3.69. The van der Waals surface area contributed by atoms with E-state index in [0.29, 0.717) is 23.7 Å². The van der Waals surface area contributed by atoms with Crippen molar-refractivity contribution in [2.75, 3.05) is 0 Å². The summed E-state index contributed by atoms with van der Waals surface area (Å²) >= 11 is 0. The molecule has 0 amide bonds. The maximum atomic E-state index is 9.98. The molecule has 0 aromatic heterocycles. The molecule has 0 aliphatic heterocycles. The first-order valence-electron chi connectivity index (χ1n) is 6.22. The zero-order valence-corrected chi connectivity index (χ0v) is 10.7. The van der Waals surface area contributed by atoms with Gasteiger partial charge in [-0.15, -0.1) is 0 Å². The van der Waals surface area contributed by atoms with Gasteiger partial charge < -0.3 is 5.11 Å². The lowest BCUT2D eigenvalue weighted by molar-refractivity contribution is -0.0195. The summed E-state index contributed by atoms with van der Waals surface area (Å²) in [4.78, 5) is 0. The highest BCUT2D eigenvalue weighted by Crippen LogP contribution is 2.37. The van der Waals surface area contributed by atoms with Gasteiger partial charge in [-0.3, -0.25) is 0 Å². The van der Waals surface area contributed by atoms with Crippen LogP contribution in [0.2, 0.25) is 0 Å². The average Bonchev–Trinajstić information content (AvgIpc) is 2.17. The largest absolute Gasteiger partial charge is 0.393 e. The van der Waals surface area contributed by atoms with Crippen LogP contribution in [0.15, 0.2) is 0 Å². The Morgan fingerprint density at radius 3 is 2.00 bits per heavy atom. The van der Waals surface area contributed by atoms with Gasteiger partial charge in [-0.25, -0.2) is 0 Å². The van der Waals surface area contributed by atoms with Crippen LogP contribution in [0, 0.1) is 23.7 Å². The molecule has 1 saturated carbocycles. The summed E-state index contributed by atoms with van der Waals surface area (Å²) in [6, 6.07) is 0. The Kier molecular flexibility index (Phi) is 6.43. The fourth-order valence-electron chi connectivity index (χ4n) is 2.34. The number of hydrogen-bond acceptors (Lipinski definition) is 1. The third-order valence-electron chi connectivity index (χ3n) is 3.69. The van der Waals surface area contributed by atoms with Crippen molar-refractivity contribution >= 4 is 0 Å². The fraction of sp³-hybridized carbons (Fsp3) is 1.00. The summed E-state index contributed by atoms with van der Waals surface area (Å²) in [5.74, 6) is 2.37. The Balaban J connectivity index is 0.000000791. The predicted octanol–water partition coefficient (Wildman–Crippen LogP) is 3.71. The quantitative estimate of drug-likeness (QED) is 0.684. The molecule has 0 aromatic rings. The second kappa shape index (κ2) is 6.44. The van der Waals surface area contributed by atoms with Crippen LogP contribution in [0.3, 0.4) is 0 Å². The lowest BCUT2D eigenvalue weighted by Gasteiger charge is -2.39. The predicted molar refractivity (Wildman–Crippen MR) is 63.2 cm³/mol. The first-order chi connectivity index (χ1) is 6.54. The Morgan fingerprint density at radius 2 is 1.57 bits per heavy atom. The minimum absolute atomic E-state index is 0.0613. The normalized spacial score (nSPS) is 37.7. The van der Waals surface area contributed by atoms with Gasteiger partial charge in [0.15, 0.2) is 0 Å². The van der Waals surface area contributed by atoms with Crippen LogP contribution in [0.5, 0.6) is 0 Å². The average molecular weight is 200 g/mol. The minimum atomic E-state index is -0.0613. The molecular weight excluding hydrogens is 172 g/mol. The van der Waals surface area contributed by atoms with Crippen molar-refractivity contribution in [1.82, 2.24) is 0 Å². The van der Waals surface area contributed by atoms with Gasteiger partial charge in [-0.2, -0.15) is 0 Å². The summed E-state index contributed by atoms with van der Waals surface area (Å²) in [5, 5.41) is 9.98. The monoisotopic (exact) mass is 200 g/mol. The molecule has 86 valence electrons. The van der Waals surface area contributed by atoms with Gasteiger partial charge in [0.25, 0.3) is 0 Å². The van der Waals surface area contributed by atoms with Crippen LogP contribution >= 0.6 is 0 Å². The molecule has 0 heterocycles. The molecule has 1 heteroatoms. The van der Waals surface area contributed by atoms with E-state index in [4.69, 9.17) is 0 Å². The van der Waals surface area contributed by atoms with Crippen molar-refractivity contribution in [2.24, 2.45) is 23.7 Å². The third kappa shape index (κ3) is 3.27. The van der Waals surface area contributed by atoms with Gasteiger partial charge in [0.2, 0.25) is 0 Å². The van der Waals surface area contributed by atoms with Crippen molar-refractivity contribution in [3.63, 3.8) is 0 Å². The van der Waals surface area contributed by atoms with Crippen LogP contribution in [0.25, 0.3) is 0 Å². The van der Waals surface area contributed by atoms with Crippen LogP contribution in [0.4, 0.5) is 0 Å². The summed E-state index contributed by atoms with van der Waals surface area (Å²) < 4.78 is 0. The summed E-state index contributed by atoms with van der Waals surface area (Å²) in [7, 11) is 0. The highest BCUT2D eigenvalue weighted by molar-refractivity contribution is 4.84. The van der Waals surface area contributed by atoms with Gasteiger partial charge in [0.1, 0.15) is 0 Å². The molecule has 1 nitrogen and oxygen atoms in total. The Morgan fingerprint density at radius 1 is 1.07 bits per heavy atom. The zero-order valence-electron chi connectivity index (χ0n) is 10.7. The molecule has 0 aromatic carbocycles. The molecule has 1 aliphatic carbocycles. The molecule has 4 atom stereocenters. The molecule has 4 unspecified atom stereocenters. The minimum Gasteiger partial charge on any atom is -0.393 e. The molecule has 1 rings (SSSR count). The maximum absolute atomic E-state index is 9.98. The topological polar surface area (TPSA) is 20.2 Å². The van der Waals surface area contributed by atoms with Crippen molar-refractivity contribution in [3.05, 3.63) is 0 Å². The summed E-state index contributed by atoms with van der Waals surface area (Å²) in [5.41, 5.74) is 0. The first kappa shape index (κ1) is 14.0. The Bertz CT molecular complexity index is 142. The van der Waals surface area contributed by atoms with E-state index < -0.39 is 0 Å².